The van der Waals surface area contributed by atoms with E-state index in [0.717, 1.165) is 28.6 Å². The molecule has 2 nitrogen and oxygen atoms in total. The van der Waals surface area contributed by atoms with Crippen molar-refractivity contribution in [2.75, 3.05) is 0 Å². The molecule has 0 atom stereocenters. The van der Waals surface area contributed by atoms with Gasteiger partial charge in [0.15, 0.2) is 5.78 Å². The van der Waals surface area contributed by atoms with Gasteiger partial charge in [-0.05, 0) is 19.1 Å². The Kier molecular flexibility index (Phi) is 3.23. The van der Waals surface area contributed by atoms with Gasteiger partial charge in [0.1, 0.15) is 0 Å². The molecule has 23 heavy (non-hydrogen) atoms. The summed E-state index contributed by atoms with van der Waals surface area (Å²) in [6.45, 7) is 2.96. The molecule has 4 rings (SSSR count). The van der Waals surface area contributed by atoms with E-state index < -0.39 is 0 Å². The first-order valence-corrected chi connectivity index (χ1v) is 7.91. The minimum absolute atomic E-state index is 0.0775. The molecule has 1 heterocycles. The average Bonchev–Trinajstić information content (AvgIpc) is 2.95. The second-order valence-corrected chi connectivity index (χ2v) is 5.66. The van der Waals surface area contributed by atoms with Crippen LogP contribution in [0, 0.1) is 0 Å². The molecular weight excluding hydrogens is 282 g/mol. The fourth-order valence-electron chi connectivity index (χ4n) is 3.37. The summed E-state index contributed by atoms with van der Waals surface area (Å²) in [5.41, 5.74) is 3.71. The van der Waals surface area contributed by atoms with E-state index in [-0.39, 0.29) is 5.78 Å². The molecule has 0 bridgehead atoms. The number of para-hydroxylation sites is 2. The first-order chi connectivity index (χ1) is 11.3. The van der Waals surface area contributed by atoms with Gasteiger partial charge in [0.2, 0.25) is 0 Å². The van der Waals surface area contributed by atoms with Crippen molar-refractivity contribution in [1.29, 1.82) is 0 Å². The maximum absolute atomic E-state index is 13.0. The monoisotopic (exact) mass is 299 g/mol. The average molecular weight is 299 g/mol. The highest BCUT2D eigenvalue weighted by atomic mass is 16.1. The summed E-state index contributed by atoms with van der Waals surface area (Å²) < 4.78 is 2.24. The third-order valence-electron chi connectivity index (χ3n) is 4.39. The SMILES string of the molecule is CCn1c2ccccc2c2cccc(C(=O)c3ccccc3)c21. The quantitative estimate of drug-likeness (QED) is 0.485. The van der Waals surface area contributed by atoms with Crippen molar-refractivity contribution in [2.24, 2.45) is 0 Å². The lowest BCUT2D eigenvalue weighted by molar-refractivity contribution is 0.104. The van der Waals surface area contributed by atoms with Crippen LogP contribution < -0.4 is 0 Å². The minimum Gasteiger partial charge on any atom is -0.340 e. The van der Waals surface area contributed by atoms with Crippen LogP contribution in [0.5, 0.6) is 0 Å². The zero-order valence-electron chi connectivity index (χ0n) is 13.0. The lowest BCUT2D eigenvalue weighted by Crippen LogP contribution is -2.05. The van der Waals surface area contributed by atoms with Crippen molar-refractivity contribution in [3.63, 3.8) is 0 Å². The summed E-state index contributed by atoms with van der Waals surface area (Å²) >= 11 is 0. The second-order valence-electron chi connectivity index (χ2n) is 5.66. The van der Waals surface area contributed by atoms with E-state index in [9.17, 15) is 4.79 Å². The van der Waals surface area contributed by atoms with Crippen LogP contribution in [0.4, 0.5) is 0 Å². The van der Waals surface area contributed by atoms with Crippen molar-refractivity contribution < 1.29 is 4.79 Å². The van der Waals surface area contributed by atoms with E-state index in [1.807, 2.05) is 54.6 Å². The third kappa shape index (κ3) is 2.07. The van der Waals surface area contributed by atoms with Gasteiger partial charge in [-0.3, -0.25) is 4.79 Å². The number of aromatic nitrogens is 1. The summed E-state index contributed by atoms with van der Waals surface area (Å²) in [4.78, 5) is 13.0. The molecule has 0 radical (unpaired) electrons. The van der Waals surface area contributed by atoms with Crippen LogP contribution >= 0.6 is 0 Å². The molecule has 0 fully saturated rings. The number of nitrogens with zero attached hydrogens (tertiary/aromatic N) is 1. The fraction of sp³-hybridized carbons (Fsp3) is 0.0952. The summed E-state index contributed by atoms with van der Waals surface area (Å²) in [7, 11) is 0. The van der Waals surface area contributed by atoms with Crippen molar-refractivity contribution in [1.82, 2.24) is 4.57 Å². The van der Waals surface area contributed by atoms with Gasteiger partial charge >= 0.3 is 0 Å². The van der Waals surface area contributed by atoms with E-state index in [2.05, 4.69) is 29.7 Å². The first kappa shape index (κ1) is 13.8. The topological polar surface area (TPSA) is 22.0 Å². The number of hydrogen-bond acceptors (Lipinski definition) is 1. The molecular formula is C21H17NO. The predicted octanol–water partition coefficient (Wildman–Crippen LogP) is 5.05. The summed E-state index contributed by atoms with van der Waals surface area (Å²) in [5, 5.41) is 2.34. The van der Waals surface area contributed by atoms with Gasteiger partial charge in [0, 0.05) is 34.0 Å². The number of fused-ring (bicyclic) bond motifs is 3. The zero-order valence-corrected chi connectivity index (χ0v) is 13.0. The van der Waals surface area contributed by atoms with E-state index >= 15 is 0 Å². The highest BCUT2D eigenvalue weighted by Crippen LogP contribution is 2.32. The van der Waals surface area contributed by atoms with Crippen LogP contribution in [-0.4, -0.2) is 10.4 Å². The molecule has 0 unspecified atom stereocenters. The standard InChI is InChI=1S/C21H17NO/c1-2-22-19-14-7-6-11-16(19)17-12-8-13-18(20(17)22)21(23)15-9-4-3-5-10-15/h3-14H,2H2,1H3. The zero-order chi connectivity index (χ0) is 15.8. The Morgan fingerprint density at radius 1 is 0.826 bits per heavy atom. The molecule has 112 valence electrons. The normalized spacial score (nSPS) is 11.2. The highest BCUT2D eigenvalue weighted by Gasteiger charge is 2.17. The molecule has 1 aromatic heterocycles. The first-order valence-electron chi connectivity index (χ1n) is 7.91. The van der Waals surface area contributed by atoms with Crippen molar-refractivity contribution in [3.8, 4) is 0 Å². The Hall–Kier alpha value is -2.87. The molecule has 3 aromatic carbocycles. The molecule has 0 amide bonds. The fourth-order valence-corrected chi connectivity index (χ4v) is 3.37. The van der Waals surface area contributed by atoms with Crippen LogP contribution in [0.2, 0.25) is 0 Å². The van der Waals surface area contributed by atoms with E-state index in [4.69, 9.17) is 0 Å². The van der Waals surface area contributed by atoms with Crippen molar-refractivity contribution in [2.45, 2.75) is 13.5 Å². The number of ketones is 1. The van der Waals surface area contributed by atoms with Gasteiger partial charge in [-0.15, -0.1) is 0 Å². The van der Waals surface area contributed by atoms with E-state index in [1.165, 1.54) is 10.9 Å². The van der Waals surface area contributed by atoms with Gasteiger partial charge in [-0.1, -0.05) is 60.7 Å². The van der Waals surface area contributed by atoms with Crippen LogP contribution in [-0.2, 0) is 6.54 Å². The molecule has 4 aromatic rings. The Bertz CT molecular complexity index is 1010. The molecule has 0 aliphatic carbocycles. The number of carbonyl (C=O) groups is 1. The van der Waals surface area contributed by atoms with Gasteiger partial charge in [0.25, 0.3) is 0 Å². The predicted molar refractivity (Wildman–Crippen MR) is 95.0 cm³/mol. The van der Waals surface area contributed by atoms with Gasteiger partial charge in [0.05, 0.1) is 5.52 Å². The Morgan fingerprint density at radius 3 is 2.30 bits per heavy atom. The van der Waals surface area contributed by atoms with Gasteiger partial charge < -0.3 is 4.57 Å². The number of carbonyl (C=O) groups excluding carboxylic acids is 1. The summed E-state index contributed by atoms with van der Waals surface area (Å²) in [5.74, 6) is 0.0775. The van der Waals surface area contributed by atoms with Gasteiger partial charge in [-0.2, -0.15) is 0 Å². The minimum atomic E-state index is 0.0775. The molecule has 0 saturated heterocycles. The Balaban J connectivity index is 2.07. The van der Waals surface area contributed by atoms with Crippen molar-refractivity contribution >= 4 is 27.6 Å². The van der Waals surface area contributed by atoms with E-state index in [0.29, 0.717) is 0 Å². The number of hydrogen-bond donors (Lipinski definition) is 0. The van der Waals surface area contributed by atoms with Crippen LogP contribution in [0.15, 0.2) is 72.8 Å². The summed E-state index contributed by atoms with van der Waals surface area (Å²) in [6.07, 6.45) is 0. The highest BCUT2D eigenvalue weighted by molar-refractivity contribution is 6.20. The van der Waals surface area contributed by atoms with Crippen LogP contribution in [0.1, 0.15) is 22.8 Å². The third-order valence-corrected chi connectivity index (χ3v) is 4.39. The van der Waals surface area contributed by atoms with Crippen LogP contribution in [0.3, 0.4) is 0 Å². The van der Waals surface area contributed by atoms with E-state index in [1.54, 1.807) is 0 Å². The van der Waals surface area contributed by atoms with Crippen molar-refractivity contribution in [3.05, 3.63) is 83.9 Å². The maximum atomic E-state index is 13.0. The molecule has 0 saturated carbocycles. The molecule has 0 aliphatic heterocycles. The number of benzene rings is 3. The smallest absolute Gasteiger partial charge is 0.195 e. The Morgan fingerprint density at radius 2 is 1.52 bits per heavy atom. The molecule has 0 N–H and O–H groups in total. The molecule has 0 aliphatic rings. The molecule has 0 spiro atoms. The Labute approximate surface area is 135 Å². The largest absolute Gasteiger partial charge is 0.340 e. The van der Waals surface area contributed by atoms with Gasteiger partial charge in [-0.25, -0.2) is 0 Å². The number of aryl methyl sites for hydroxylation is 1. The number of rotatable bonds is 3. The molecule has 2 heteroatoms. The lowest BCUT2D eigenvalue weighted by atomic mass is 10.0. The second kappa shape index (κ2) is 5.40. The van der Waals surface area contributed by atoms with Crippen LogP contribution in [0.25, 0.3) is 21.8 Å². The lowest BCUT2D eigenvalue weighted by Gasteiger charge is -2.08. The maximum Gasteiger partial charge on any atom is 0.195 e. The summed E-state index contributed by atoms with van der Waals surface area (Å²) in [6, 6.07) is 23.8.